The van der Waals surface area contributed by atoms with Crippen molar-refractivity contribution in [1.29, 1.82) is 0 Å². The average molecular weight is 394 g/mol. The molecule has 2 aromatic heterocycles. The third-order valence-electron chi connectivity index (χ3n) is 4.10. The van der Waals surface area contributed by atoms with E-state index in [1.165, 1.54) is 23.5 Å². The highest BCUT2D eigenvalue weighted by atomic mass is 35.5. The minimum absolute atomic E-state index is 0.0393. The summed E-state index contributed by atoms with van der Waals surface area (Å²) in [7, 11) is 0. The molecule has 0 saturated heterocycles. The number of rotatable bonds is 6. The van der Waals surface area contributed by atoms with Crippen LogP contribution in [0.5, 0.6) is 0 Å². The van der Waals surface area contributed by atoms with Gasteiger partial charge in [-0.1, -0.05) is 11.6 Å². The predicted molar refractivity (Wildman–Crippen MR) is 101 cm³/mol. The molecule has 1 aromatic carbocycles. The van der Waals surface area contributed by atoms with Crippen molar-refractivity contribution in [2.24, 2.45) is 5.73 Å². The van der Waals surface area contributed by atoms with Crippen LogP contribution in [0, 0.1) is 12.7 Å². The van der Waals surface area contributed by atoms with Gasteiger partial charge >= 0.3 is 0 Å². The first-order valence-corrected chi connectivity index (χ1v) is 9.20. The quantitative estimate of drug-likeness (QED) is 0.667. The van der Waals surface area contributed by atoms with Gasteiger partial charge < -0.3 is 15.4 Å². The molecule has 0 atom stereocenters. The first-order valence-electron chi connectivity index (χ1n) is 7.94. The van der Waals surface area contributed by atoms with Crippen molar-refractivity contribution in [3.63, 3.8) is 0 Å². The summed E-state index contributed by atoms with van der Waals surface area (Å²) in [5.74, 6) is -0.987. The van der Waals surface area contributed by atoms with Crippen LogP contribution in [0.2, 0.25) is 5.02 Å². The average Bonchev–Trinajstić information content (AvgIpc) is 3.20. The fourth-order valence-electron chi connectivity index (χ4n) is 2.78. The molecule has 3 N–H and O–H groups in total. The molecule has 136 valence electrons. The SMILES string of the molecule is Cc1c(C(N)=O)cc(-c2csc(-c3ccc(F)c(Cl)c3)n2)n1CCCO. The van der Waals surface area contributed by atoms with Crippen LogP contribution >= 0.6 is 22.9 Å². The molecule has 0 bridgehead atoms. The number of amides is 1. The van der Waals surface area contributed by atoms with Gasteiger partial charge in [-0.2, -0.15) is 0 Å². The van der Waals surface area contributed by atoms with Crippen molar-refractivity contribution in [3.05, 3.63) is 51.7 Å². The fraction of sp³-hybridized carbons (Fsp3) is 0.222. The second-order valence-corrected chi connectivity index (χ2v) is 7.05. The Labute approximate surface area is 158 Å². The predicted octanol–water partition coefficient (Wildman–Crippen LogP) is 3.86. The van der Waals surface area contributed by atoms with Gasteiger partial charge in [0, 0.05) is 29.8 Å². The van der Waals surface area contributed by atoms with Crippen molar-refractivity contribution >= 4 is 28.8 Å². The Morgan fingerprint density at radius 2 is 2.19 bits per heavy atom. The van der Waals surface area contributed by atoms with Gasteiger partial charge in [-0.15, -0.1) is 11.3 Å². The summed E-state index contributed by atoms with van der Waals surface area (Å²) in [6, 6.07) is 6.17. The lowest BCUT2D eigenvalue weighted by atomic mass is 10.2. The number of halogens is 2. The van der Waals surface area contributed by atoms with Crippen molar-refractivity contribution in [2.75, 3.05) is 6.61 Å². The zero-order valence-corrected chi connectivity index (χ0v) is 15.6. The van der Waals surface area contributed by atoms with E-state index in [0.29, 0.717) is 34.8 Å². The number of hydrogen-bond donors (Lipinski definition) is 2. The van der Waals surface area contributed by atoms with Crippen molar-refractivity contribution < 1.29 is 14.3 Å². The van der Waals surface area contributed by atoms with E-state index in [4.69, 9.17) is 22.4 Å². The summed E-state index contributed by atoms with van der Waals surface area (Å²) in [5, 5.41) is 11.7. The van der Waals surface area contributed by atoms with Crippen LogP contribution < -0.4 is 5.73 Å². The minimum Gasteiger partial charge on any atom is -0.396 e. The third kappa shape index (κ3) is 3.51. The standard InChI is InChI=1S/C18H17ClFN3O2S/c1-10-12(17(21)25)8-16(23(10)5-2-6-24)15-9-26-18(22-15)11-3-4-14(20)13(19)7-11/h3-4,7-9,24H,2,5-6H2,1H3,(H2,21,25). The highest BCUT2D eigenvalue weighted by Crippen LogP contribution is 2.33. The van der Waals surface area contributed by atoms with Crippen molar-refractivity contribution in [2.45, 2.75) is 19.9 Å². The normalized spacial score (nSPS) is 11.1. The topological polar surface area (TPSA) is 81.1 Å². The third-order valence-corrected chi connectivity index (χ3v) is 5.29. The van der Waals surface area contributed by atoms with Crippen LogP contribution in [0.15, 0.2) is 29.6 Å². The molecule has 3 aromatic rings. The molecule has 0 radical (unpaired) electrons. The smallest absolute Gasteiger partial charge is 0.250 e. The first kappa shape index (κ1) is 18.6. The molecular weight excluding hydrogens is 377 g/mol. The van der Waals surface area contributed by atoms with E-state index in [1.807, 2.05) is 16.9 Å². The maximum Gasteiger partial charge on any atom is 0.250 e. The molecule has 0 aliphatic heterocycles. The van der Waals surface area contributed by atoms with E-state index in [1.54, 1.807) is 12.1 Å². The number of primary amides is 1. The van der Waals surface area contributed by atoms with E-state index in [9.17, 15) is 9.18 Å². The number of hydrogen-bond acceptors (Lipinski definition) is 4. The van der Waals surface area contributed by atoms with Gasteiger partial charge in [-0.05, 0) is 37.6 Å². The summed E-state index contributed by atoms with van der Waals surface area (Å²) in [4.78, 5) is 16.3. The van der Waals surface area contributed by atoms with E-state index >= 15 is 0 Å². The summed E-state index contributed by atoms with van der Waals surface area (Å²) in [5.41, 5.74) is 8.77. The zero-order chi connectivity index (χ0) is 18.8. The molecule has 5 nitrogen and oxygen atoms in total. The molecule has 26 heavy (non-hydrogen) atoms. The Kier molecular flexibility index (Phi) is 5.41. The fourth-order valence-corrected chi connectivity index (χ4v) is 3.77. The van der Waals surface area contributed by atoms with E-state index in [2.05, 4.69) is 4.98 Å². The van der Waals surface area contributed by atoms with Crippen molar-refractivity contribution in [3.8, 4) is 22.0 Å². The van der Waals surface area contributed by atoms with Gasteiger partial charge in [0.2, 0.25) is 0 Å². The number of carbonyl (C=O) groups is 1. The van der Waals surface area contributed by atoms with Gasteiger partial charge in [-0.25, -0.2) is 9.37 Å². The van der Waals surface area contributed by atoms with Crippen molar-refractivity contribution in [1.82, 2.24) is 9.55 Å². The molecule has 3 rings (SSSR count). The van der Waals surface area contributed by atoms with E-state index in [0.717, 1.165) is 11.4 Å². The number of aliphatic hydroxyl groups excluding tert-OH is 1. The highest BCUT2D eigenvalue weighted by molar-refractivity contribution is 7.13. The second kappa shape index (κ2) is 7.57. The highest BCUT2D eigenvalue weighted by Gasteiger charge is 2.19. The molecular formula is C18H17ClFN3O2S. The number of nitrogens with two attached hydrogens (primary N) is 1. The lowest BCUT2D eigenvalue weighted by Crippen LogP contribution is -2.12. The van der Waals surface area contributed by atoms with Gasteiger partial charge in [0.05, 0.1) is 22.0 Å². The number of aliphatic hydroxyl groups is 1. The van der Waals surface area contributed by atoms with Gasteiger partial charge in [0.1, 0.15) is 10.8 Å². The number of nitrogens with zero attached hydrogens (tertiary/aromatic N) is 2. The molecule has 0 unspecified atom stereocenters. The summed E-state index contributed by atoms with van der Waals surface area (Å²) in [6.45, 7) is 2.40. The molecule has 0 aliphatic carbocycles. The van der Waals surface area contributed by atoms with Crippen LogP contribution in [0.4, 0.5) is 4.39 Å². The molecule has 2 heterocycles. The maximum atomic E-state index is 13.4. The van der Waals surface area contributed by atoms with E-state index in [-0.39, 0.29) is 11.6 Å². The lowest BCUT2D eigenvalue weighted by Gasteiger charge is -2.09. The monoisotopic (exact) mass is 393 g/mol. The number of benzene rings is 1. The molecule has 0 saturated carbocycles. The largest absolute Gasteiger partial charge is 0.396 e. The molecule has 1 amide bonds. The maximum absolute atomic E-state index is 13.4. The van der Waals surface area contributed by atoms with Crippen LogP contribution in [-0.4, -0.2) is 27.2 Å². The Hall–Kier alpha value is -2.22. The van der Waals surface area contributed by atoms with Gasteiger partial charge in [-0.3, -0.25) is 4.79 Å². The summed E-state index contributed by atoms with van der Waals surface area (Å²) < 4.78 is 15.3. The Balaban J connectivity index is 2.04. The molecule has 0 fully saturated rings. The van der Waals surface area contributed by atoms with Crippen LogP contribution in [-0.2, 0) is 6.54 Å². The lowest BCUT2D eigenvalue weighted by molar-refractivity contribution is 0.0999. The van der Waals surface area contributed by atoms with Gasteiger partial charge in [0.25, 0.3) is 5.91 Å². The second-order valence-electron chi connectivity index (χ2n) is 5.79. The summed E-state index contributed by atoms with van der Waals surface area (Å²) >= 11 is 7.25. The molecule has 0 aliphatic rings. The molecule has 8 heteroatoms. The van der Waals surface area contributed by atoms with Gasteiger partial charge in [0.15, 0.2) is 0 Å². The van der Waals surface area contributed by atoms with Crippen LogP contribution in [0.3, 0.4) is 0 Å². The van der Waals surface area contributed by atoms with E-state index < -0.39 is 11.7 Å². The number of carbonyl (C=O) groups excluding carboxylic acids is 1. The number of thiazole rings is 1. The Morgan fingerprint density at radius 3 is 2.85 bits per heavy atom. The summed E-state index contributed by atoms with van der Waals surface area (Å²) in [6.07, 6.45) is 0.547. The van der Waals surface area contributed by atoms with Crippen LogP contribution in [0.25, 0.3) is 22.0 Å². The first-order chi connectivity index (χ1) is 12.4. The number of aromatic nitrogens is 2. The molecule has 0 spiro atoms. The minimum atomic E-state index is -0.507. The van der Waals surface area contributed by atoms with Crippen LogP contribution in [0.1, 0.15) is 22.5 Å². The zero-order valence-electron chi connectivity index (χ0n) is 14.0. The Bertz CT molecular complexity index is 967. The Morgan fingerprint density at radius 1 is 1.42 bits per heavy atom.